The van der Waals surface area contributed by atoms with Crippen molar-refractivity contribution in [3.8, 4) is 78.7 Å². The van der Waals surface area contributed by atoms with Crippen molar-refractivity contribution in [3.63, 3.8) is 0 Å². The fraction of sp³-hybridized carbons (Fsp3) is 0.0625. The Morgan fingerprint density at radius 3 is 1.47 bits per heavy atom. The summed E-state index contributed by atoms with van der Waals surface area (Å²) < 4.78 is 0. The lowest BCUT2D eigenvalue weighted by Crippen LogP contribution is -2.49. The van der Waals surface area contributed by atoms with E-state index in [2.05, 4.69) is 165 Å². The normalized spacial score (nSPS) is 14.7. The lowest BCUT2D eigenvalue weighted by Gasteiger charge is -2.19. The van der Waals surface area contributed by atoms with E-state index in [1.54, 1.807) is 0 Å². The van der Waals surface area contributed by atoms with Crippen molar-refractivity contribution in [3.05, 3.63) is 164 Å². The molecule has 0 fully saturated rings. The molecule has 2 aliphatic rings. The molecule has 8 aromatic rings. The number of hydrogen-bond donors (Lipinski definition) is 0. The van der Waals surface area contributed by atoms with Crippen LogP contribution in [0.15, 0.2) is 164 Å². The number of rotatable bonds is 5. The highest BCUT2D eigenvalue weighted by Gasteiger charge is 2.38. The molecule has 252 valence electrons. The Morgan fingerprint density at radius 2 is 0.849 bits per heavy atom. The van der Waals surface area contributed by atoms with E-state index in [-0.39, 0.29) is 0 Å². The first-order valence-corrected chi connectivity index (χ1v) is 23.7. The van der Waals surface area contributed by atoms with E-state index in [4.69, 9.17) is 15.0 Å². The Bertz CT molecular complexity index is 2710. The Kier molecular flexibility index (Phi) is 7.36. The first-order chi connectivity index (χ1) is 25.9. The zero-order valence-electron chi connectivity index (χ0n) is 30.0. The predicted octanol–water partition coefficient (Wildman–Crippen LogP) is 8.96. The summed E-state index contributed by atoms with van der Waals surface area (Å²) in [7, 11) is -3.26. The van der Waals surface area contributed by atoms with Crippen LogP contribution in [0.3, 0.4) is 0 Å². The molecular formula is C48H37N3Si2. The van der Waals surface area contributed by atoms with E-state index in [0.717, 1.165) is 16.7 Å². The molecule has 10 rings (SSSR count). The van der Waals surface area contributed by atoms with Crippen LogP contribution in [0.4, 0.5) is 0 Å². The second-order valence-corrected chi connectivity index (χ2v) is 21.9. The zero-order chi connectivity index (χ0) is 35.7. The van der Waals surface area contributed by atoms with Crippen LogP contribution >= 0.6 is 0 Å². The minimum absolute atomic E-state index is 0.685. The van der Waals surface area contributed by atoms with Gasteiger partial charge in [-0.15, -0.1) is 0 Å². The summed E-state index contributed by atoms with van der Waals surface area (Å²) in [6.07, 6.45) is 0. The molecule has 3 heterocycles. The summed E-state index contributed by atoms with van der Waals surface area (Å²) in [5, 5.41) is 5.93. The topological polar surface area (TPSA) is 38.7 Å². The third-order valence-corrected chi connectivity index (χ3v) is 17.8. The standard InChI is InChI=1S/C48H37N3Si2/c1-52-42-25-21-36(27-40(42)38-23-19-34(29-43(38)52)31-13-7-4-8-14-31)47-49-46(33-17-11-6-12-18-33)50-48(51-47)37-22-26-44-41(28-37)39-24-20-35(30-45(39)53(44,2)3)32-15-9-5-10-16-32/h4-30,52H,1-3H3. The lowest BCUT2D eigenvalue weighted by atomic mass is 9.98. The Morgan fingerprint density at radius 1 is 0.358 bits per heavy atom. The molecule has 0 amide bonds. The minimum Gasteiger partial charge on any atom is -0.208 e. The number of benzene rings is 7. The molecule has 5 heteroatoms. The Hall–Kier alpha value is -6.02. The van der Waals surface area contributed by atoms with Gasteiger partial charge in [0.2, 0.25) is 0 Å². The molecule has 0 N–H and O–H groups in total. The summed E-state index contributed by atoms with van der Waals surface area (Å²) in [6, 6.07) is 59.5. The zero-order valence-corrected chi connectivity index (χ0v) is 32.2. The minimum atomic E-state index is -1.91. The van der Waals surface area contributed by atoms with Crippen molar-refractivity contribution in [1.82, 2.24) is 15.0 Å². The van der Waals surface area contributed by atoms with Gasteiger partial charge in [-0.3, -0.25) is 0 Å². The first-order valence-electron chi connectivity index (χ1n) is 18.4. The van der Waals surface area contributed by atoms with Crippen LogP contribution in [0.1, 0.15) is 0 Å². The Labute approximate surface area is 313 Å². The van der Waals surface area contributed by atoms with E-state index in [9.17, 15) is 0 Å². The van der Waals surface area contributed by atoms with Crippen molar-refractivity contribution < 1.29 is 0 Å². The van der Waals surface area contributed by atoms with Crippen LogP contribution in [-0.4, -0.2) is 31.8 Å². The third kappa shape index (κ3) is 5.27. The van der Waals surface area contributed by atoms with Crippen molar-refractivity contribution in [2.24, 2.45) is 0 Å². The monoisotopic (exact) mass is 711 g/mol. The summed E-state index contributed by atoms with van der Waals surface area (Å²) in [4.78, 5) is 15.5. The average Bonchev–Trinajstić information content (AvgIpc) is 3.63. The van der Waals surface area contributed by atoms with Crippen molar-refractivity contribution in [1.29, 1.82) is 0 Å². The van der Waals surface area contributed by atoms with Gasteiger partial charge in [-0.05, 0) is 72.2 Å². The smallest absolute Gasteiger partial charge is 0.164 e. The van der Waals surface area contributed by atoms with Gasteiger partial charge in [0.25, 0.3) is 0 Å². The van der Waals surface area contributed by atoms with Gasteiger partial charge in [0.1, 0.15) is 16.9 Å². The van der Waals surface area contributed by atoms with Crippen LogP contribution in [0.25, 0.3) is 78.7 Å². The van der Waals surface area contributed by atoms with Gasteiger partial charge >= 0.3 is 0 Å². The highest BCUT2D eigenvalue weighted by Crippen LogP contribution is 2.35. The summed E-state index contributed by atoms with van der Waals surface area (Å²) in [5.41, 5.74) is 13.4. The SMILES string of the molecule is C[SiH]1c2ccc(-c3nc(-c4ccccc4)nc(-c4ccc5c(c4)-c4ccc(-c6ccccc6)cc4[Si]5(C)C)n3)cc2-c2ccc(-c3ccccc3)cc21. The van der Waals surface area contributed by atoms with E-state index >= 15 is 0 Å². The maximum atomic E-state index is 5.23. The van der Waals surface area contributed by atoms with Crippen molar-refractivity contribution in [2.45, 2.75) is 19.6 Å². The van der Waals surface area contributed by atoms with Crippen LogP contribution in [0.5, 0.6) is 0 Å². The number of aromatic nitrogens is 3. The Balaban J connectivity index is 1.08. The fourth-order valence-corrected chi connectivity index (χ4v) is 14.2. The van der Waals surface area contributed by atoms with E-state index in [1.165, 1.54) is 65.3 Å². The molecule has 0 saturated carbocycles. The number of hydrogen-bond acceptors (Lipinski definition) is 3. The summed E-state index contributed by atoms with van der Waals surface area (Å²) in [6.45, 7) is 7.39. The molecule has 2 aliphatic heterocycles. The van der Waals surface area contributed by atoms with Crippen molar-refractivity contribution in [2.75, 3.05) is 0 Å². The van der Waals surface area contributed by atoms with E-state index in [1.807, 2.05) is 18.2 Å². The molecule has 7 aromatic carbocycles. The molecule has 0 radical (unpaired) electrons. The van der Waals surface area contributed by atoms with E-state index in [0.29, 0.717) is 17.5 Å². The van der Waals surface area contributed by atoms with Crippen LogP contribution < -0.4 is 20.7 Å². The molecule has 1 aromatic heterocycles. The summed E-state index contributed by atoms with van der Waals surface area (Å²) in [5.74, 6) is 2.08. The van der Waals surface area contributed by atoms with Crippen molar-refractivity contribution >= 4 is 37.6 Å². The highest BCUT2D eigenvalue weighted by molar-refractivity contribution is 7.03. The van der Waals surface area contributed by atoms with Gasteiger partial charge in [-0.25, -0.2) is 15.0 Å². The summed E-state index contributed by atoms with van der Waals surface area (Å²) >= 11 is 0. The molecule has 1 atom stereocenters. The van der Waals surface area contributed by atoms with E-state index < -0.39 is 16.9 Å². The maximum absolute atomic E-state index is 5.23. The number of fused-ring (bicyclic) bond motifs is 6. The predicted molar refractivity (Wildman–Crippen MR) is 227 cm³/mol. The van der Waals surface area contributed by atoms with Crippen LogP contribution in [-0.2, 0) is 0 Å². The molecule has 0 aliphatic carbocycles. The molecular weight excluding hydrogens is 675 g/mol. The average molecular weight is 712 g/mol. The second-order valence-electron chi connectivity index (χ2n) is 14.9. The van der Waals surface area contributed by atoms with Gasteiger partial charge in [-0.1, -0.05) is 176 Å². The maximum Gasteiger partial charge on any atom is 0.164 e. The van der Waals surface area contributed by atoms with Gasteiger partial charge in [0.15, 0.2) is 17.5 Å². The van der Waals surface area contributed by atoms with Gasteiger partial charge in [0.05, 0.1) is 0 Å². The van der Waals surface area contributed by atoms with Crippen LogP contribution in [0, 0.1) is 0 Å². The number of nitrogens with zero attached hydrogens (tertiary/aromatic N) is 3. The molecule has 0 saturated heterocycles. The fourth-order valence-electron chi connectivity index (χ4n) is 8.50. The lowest BCUT2D eigenvalue weighted by molar-refractivity contribution is 1.07. The quantitative estimate of drug-likeness (QED) is 0.167. The first kappa shape index (κ1) is 31.7. The molecule has 0 spiro atoms. The highest BCUT2D eigenvalue weighted by atomic mass is 28.3. The van der Waals surface area contributed by atoms with Gasteiger partial charge in [0, 0.05) is 16.7 Å². The van der Waals surface area contributed by atoms with Gasteiger partial charge < -0.3 is 0 Å². The molecule has 0 bridgehead atoms. The molecule has 3 nitrogen and oxygen atoms in total. The third-order valence-electron chi connectivity index (χ3n) is 11.4. The van der Waals surface area contributed by atoms with Crippen LogP contribution in [0.2, 0.25) is 19.6 Å². The van der Waals surface area contributed by atoms with Gasteiger partial charge in [-0.2, -0.15) is 0 Å². The molecule has 1 unspecified atom stereocenters. The molecule has 53 heavy (non-hydrogen) atoms. The second kappa shape index (κ2) is 12.3. The largest absolute Gasteiger partial charge is 0.208 e.